The minimum atomic E-state index is -1.92. The number of esters is 1. The Hall–Kier alpha value is -2.10. The molecule has 0 aromatic rings. The molecular weight excluding hydrogens is 997 g/mol. The standard InChI is InChI=1S/C55H88O21/c1-26(2)27(3)18-41(59)73-40-23-38-52(8)15-13-33(19-32(52)12-16-54(38,63)55(64)17-14-39(58)53(40,55)24-28(4)57)71-42-20-34(65-9)48(29(5)68-42)74-43-21-35(66-10)49(30(6)69-43)75-44-22-36(67-11)50(31(7)70-44)76-51-47(62)46(61)45(60)37(25-56)72-51/h12,18,26,29-31,33-40,42-51,56,58,60-64H,13-17,19-25H2,1-11H3/b27-18+/t29-,30-,31-,33+,34-,35-,36-,37-,38?,39+,40-,42+,43+,44+,45-,46+,47-,48+,49+,50+,51+,52+,53+,54+,55-/m1/s1. The summed E-state index contributed by atoms with van der Waals surface area (Å²) < 4.78 is 74.9. The molecule has 0 amide bonds. The second-order valence-corrected chi connectivity index (χ2v) is 23.7. The zero-order valence-corrected chi connectivity index (χ0v) is 46.2. The third-order valence-corrected chi connectivity index (χ3v) is 19.0. The van der Waals surface area contributed by atoms with Crippen molar-refractivity contribution >= 4 is 11.8 Å². The summed E-state index contributed by atoms with van der Waals surface area (Å²) >= 11 is 0. The predicted octanol–water partition coefficient (Wildman–Crippen LogP) is 2.41. The lowest BCUT2D eigenvalue weighted by Gasteiger charge is -2.66. The summed E-state index contributed by atoms with van der Waals surface area (Å²) in [5.74, 6) is -1.35. The molecule has 21 nitrogen and oxygen atoms in total. The van der Waals surface area contributed by atoms with E-state index in [1.165, 1.54) is 20.1 Å². The van der Waals surface area contributed by atoms with Gasteiger partial charge in [-0.2, -0.15) is 0 Å². The number of ether oxygens (including phenoxy) is 12. The molecule has 7 N–H and O–H groups in total. The summed E-state index contributed by atoms with van der Waals surface area (Å²) in [6, 6.07) is 0. The summed E-state index contributed by atoms with van der Waals surface area (Å²) in [5, 5.41) is 78.5. The molecule has 4 saturated heterocycles. The van der Waals surface area contributed by atoms with Crippen LogP contribution in [0.25, 0.3) is 0 Å². The molecule has 434 valence electrons. The monoisotopic (exact) mass is 1080 g/mol. The van der Waals surface area contributed by atoms with Gasteiger partial charge in [0.2, 0.25) is 0 Å². The average molecular weight is 1090 g/mol. The van der Waals surface area contributed by atoms with E-state index in [0.29, 0.717) is 32.1 Å². The van der Waals surface area contributed by atoms with Gasteiger partial charge in [0.1, 0.15) is 65.8 Å². The van der Waals surface area contributed by atoms with E-state index < -0.39 is 157 Å². The predicted molar refractivity (Wildman–Crippen MR) is 267 cm³/mol. The highest BCUT2D eigenvalue weighted by molar-refractivity contribution is 5.83. The molecule has 25 atom stereocenters. The van der Waals surface area contributed by atoms with Crippen molar-refractivity contribution in [3.05, 3.63) is 23.3 Å². The second-order valence-electron chi connectivity index (χ2n) is 23.7. The van der Waals surface area contributed by atoms with E-state index in [1.54, 1.807) is 21.1 Å². The van der Waals surface area contributed by atoms with Gasteiger partial charge in [-0.15, -0.1) is 0 Å². The Balaban J connectivity index is 0.878. The van der Waals surface area contributed by atoms with Crippen LogP contribution in [0.4, 0.5) is 0 Å². The molecule has 0 spiro atoms. The molecule has 0 radical (unpaired) electrons. The van der Waals surface area contributed by atoms with Crippen molar-refractivity contribution < 1.29 is 102 Å². The van der Waals surface area contributed by atoms with Gasteiger partial charge in [0.05, 0.1) is 60.9 Å². The molecule has 4 aliphatic carbocycles. The van der Waals surface area contributed by atoms with Crippen LogP contribution in [0.3, 0.4) is 0 Å². The molecule has 8 aliphatic rings. The molecule has 3 saturated carbocycles. The van der Waals surface area contributed by atoms with Crippen LogP contribution in [0.1, 0.15) is 126 Å². The lowest BCUT2D eigenvalue weighted by atomic mass is 9.42. The van der Waals surface area contributed by atoms with Gasteiger partial charge in [-0.25, -0.2) is 4.79 Å². The summed E-state index contributed by atoms with van der Waals surface area (Å²) in [6.45, 7) is 14.2. The van der Waals surface area contributed by atoms with E-state index in [0.717, 1.165) is 11.1 Å². The Morgan fingerprint density at radius 1 is 0.737 bits per heavy atom. The van der Waals surface area contributed by atoms with Crippen molar-refractivity contribution in [2.75, 3.05) is 27.9 Å². The number of aliphatic hydroxyl groups is 7. The molecule has 7 fully saturated rings. The molecule has 4 heterocycles. The van der Waals surface area contributed by atoms with Gasteiger partial charge >= 0.3 is 5.97 Å². The number of rotatable bonds is 17. The van der Waals surface area contributed by atoms with Crippen LogP contribution >= 0.6 is 0 Å². The highest BCUT2D eigenvalue weighted by Crippen LogP contribution is 2.70. The van der Waals surface area contributed by atoms with Crippen molar-refractivity contribution in [2.24, 2.45) is 22.7 Å². The van der Waals surface area contributed by atoms with Crippen LogP contribution in [-0.2, 0) is 66.4 Å². The van der Waals surface area contributed by atoms with Crippen molar-refractivity contribution in [3.8, 4) is 0 Å². The molecule has 0 aromatic carbocycles. The summed E-state index contributed by atoms with van der Waals surface area (Å²) in [4.78, 5) is 26.6. The van der Waals surface area contributed by atoms with Gasteiger partial charge in [0.15, 0.2) is 25.2 Å². The van der Waals surface area contributed by atoms with Gasteiger partial charge in [-0.3, -0.25) is 0 Å². The van der Waals surface area contributed by atoms with Crippen LogP contribution in [0.5, 0.6) is 0 Å². The molecule has 1 unspecified atom stereocenters. The van der Waals surface area contributed by atoms with Gasteiger partial charge < -0.3 is 97.4 Å². The highest BCUT2D eigenvalue weighted by Gasteiger charge is 2.78. The van der Waals surface area contributed by atoms with E-state index in [-0.39, 0.29) is 56.3 Å². The highest BCUT2D eigenvalue weighted by atomic mass is 16.8. The first-order valence-electron chi connectivity index (χ1n) is 27.6. The number of aliphatic hydroxyl groups excluding tert-OH is 5. The lowest BCUT2D eigenvalue weighted by Crippen LogP contribution is -2.77. The zero-order valence-electron chi connectivity index (χ0n) is 46.2. The number of allylic oxidation sites excluding steroid dienone is 1. The molecule has 0 aromatic heterocycles. The summed E-state index contributed by atoms with van der Waals surface area (Å²) in [6.07, 6.45) is -10.5. The number of fused-ring (bicyclic) bond motifs is 5. The number of hydrogen-bond acceptors (Lipinski definition) is 21. The summed E-state index contributed by atoms with van der Waals surface area (Å²) in [7, 11) is 4.72. The first-order chi connectivity index (χ1) is 35.9. The Morgan fingerprint density at radius 3 is 1.79 bits per heavy atom. The van der Waals surface area contributed by atoms with Crippen molar-refractivity contribution in [3.63, 3.8) is 0 Å². The first-order valence-corrected chi connectivity index (χ1v) is 27.6. The van der Waals surface area contributed by atoms with E-state index in [1.807, 2.05) is 40.7 Å². The number of carbonyl (C=O) groups is 2. The third-order valence-electron chi connectivity index (χ3n) is 19.0. The number of methoxy groups -OCH3 is 3. The smallest absolute Gasteiger partial charge is 0.330 e. The number of carbonyl (C=O) groups excluding carboxylic acids is 2. The fourth-order valence-corrected chi connectivity index (χ4v) is 14.4. The average Bonchev–Trinajstić information content (AvgIpc) is 3.64. The molecule has 21 heteroatoms. The number of hydrogen-bond donors (Lipinski definition) is 7. The quantitative estimate of drug-likeness (QED) is 0.0626. The van der Waals surface area contributed by atoms with Gasteiger partial charge in [-0.1, -0.05) is 38.0 Å². The maximum atomic E-state index is 13.6. The van der Waals surface area contributed by atoms with E-state index >= 15 is 0 Å². The molecule has 8 rings (SSSR count). The molecule has 4 aliphatic heterocycles. The van der Waals surface area contributed by atoms with Crippen LogP contribution in [0, 0.1) is 22.7 Å². The van der Waals surface area contributed by atoms with Crippen LogP contribution in [0.2, 0.25) is 0 Å². The van der Waals surface area contributed by atoms with Crippen LogP contribution in [0.15, 0.2) is 23.3 Å². The topological polar surface area (TPSA) is 287 Å². The Kier molecular flexibility index (Phi) is 18.8. The molecular formula is C55H88O21. The van der Waals surface area contributed by atoms with Crippen LogP contribution in [-0.4, -0.2) is 209 Å². The molecule has 0 bridgehead atoms. The SMILES string of the molecule is CO[C@@H]1C[C@H](O[C@H]2CC[C@@]3(C)C(=CC[C@]4(O)C3C[C@@H](OC(=O)/C=C(\C)C(C)C)[C@]3(CC(C)=O)[C@@H](O)CC[C@@]34O)C2)O[C@H](C)[C@@H]1O[C@H]1C[C@@H](OC)[C@@H](O[C@H]2C[C@@H](OC)[C@@H](O[C@@H]3O[C@H](CO)[C@@H](O)[C@H](O)[C@H]3O)[C@@H](C)O2)[C@@H](C)O1. The molecule has 76 heavy (non-hydrogen) atoms. The lowest BCUT2D eigenvalue weighted by molar-refractivity contribution is -0.357. The second kappa shape index (κ2) is 23.8. The fourth-order valence-electron chi connectivity index (χ4n) is 14.4. The van der Waals surface area contributed by atoms with E-state index in [2.05, 4.69) is 6.92 Å². The normalized spacial score (nSPS) is 48.9. The fraction of sp³-hybridized carbons (Fsp3) is 0.891. The Morgan fingerprint density at radius 2 is 1.28 bits per heavy atom. The first kappa shape index (κ1) is 60.0. The van der Waals surface area contributed by atoms with E-state index in [9.17, 15) is 45.3 Å². The maximum Gasteiger partial charge on any atom is 0.330 e. The Labute approximate surface area is 446 Å². The maximum absolute atomic E-state index is 13.6. The van der Waals surface area contributed by atoms with Crippen molar-refractivity contribution in [2.45, 2.75) is 260 Å². The van der Waals surface area contributed by atoms with Gasteiger partial charge in [0, 0.05) is 59.0 Å². The third kappa shape index (κ3) is 11.0. The van der Waals surface area contributed by atoms with E-state index in [4.69, 9.17) is 56.8 Å². The minimum absolute atomic E-state index is 0.0514. The number of Topliss-reactive ketones (excluding diaryl/α,β-unsaturated/α-hetero) is 1. The van der Waals surface area contributed by atoms with Crippen LogP contribution < -0.4 is 0 Å². The van der Waals surface area contributed by atoms with Gasteiger partial charge in [-0.05, 0) is 90.9 Å². The van der Waals surface area contributed by atoms with Crippen molar-refractivity contribution in [1.82, 2.24) is 0 Å². The number of ketones is 1. The largest absolute Gasteiger partial charge is 0.458 e. The zero-order chi connectivity index (χ0) is 55.4. The van der Waals surface area contributed by atoms with Gasteiger partial charge in [0.25, 0.3) is 0 Å². The van der Waals surface area contributed by atoms with Crippen molar-refractivity contribution in [1.29, 1.82) is 0 Å². The Bertz CT molecular complexity index is 2070. The summed E-state index contributed by atoms with van der Waals surface area (Å²) in [5.41, 5.74) is -3.96. The minimum Gasteiger partial charge on any atom is -0.458 e.